The molecule has 2 aromatic rings. The van der Waals surface area contributed by atoms with Crippen LogP contribution < -0.4 is 0 Å². The molecular formula is C20H28N2O. The predicted octanol–water partition coefficient (Wildman–Crippen LogP) is 4.32. The van der Waals surface area contributed by atoms with Crippen molar-refractivity contribution in [3.8, 4) is 0 Å². The van der Waals surface area contributed by atoms with E-state index in [-0.39, 0.29) is 17.9 Å². The van der Waals surface area contributed by atoms with Crippen LogP contribution in [0.2, 0.25) is 0 Å². The molecule has 0 saturated heterocycles. The number of amides is 1. The van der Waals surface area contributed by atoms with E-state index < -0.39 is 0 Å². The molecule has 1 aromatic heterocycles. The normalized spacial score (nSPS) is 12.4. The smallest absolute Gasteiger partial charge is 0.225 e. The zero-order valence-corrected chi connectivity index (χ0v) is 14.7. The van der Waals surface area contributed by atoms with Gasteiger partial charge in [0, 0.05) is 30.4 Å². The maximum absolute atomic E-state index is 12.6. The Morgan fingerprint density at radius 2 is 1.78 bits per heavy atom. The number of benzene rings is 1. The zero-order valence-electron chi connectivity index (χ0n) is 14.7. The quantitative estimate of drug-likeness (QED) is 0.747. The van der Waals surface area contributed by atoms with Gasteiger partial charge in [0.15, 0.2) is 0 Å². The lowest BCUT2D eigenvalue weighted by Crippen LogP contribution is -2.40. The molecule has 0 aliphatic heterocycles. The monoisotopic (exact) mass is 312 g/mol. The van der Waals surface area contributed by atoms with Crippen LogP contribution in [0.1, 0.15) is 45.4 Å². The molecule has 0 aliphatic rings. The topological polar surface area (TPSA) is 25.2 Å². The Kier molecular flexibility index (Phi) is 6.03. The fraction of sp³-hybridized carbons (Fsp3) is 0.450. The molecule has 0 aliphatic carbocycles. The third-order valence-corrected chi connectivity index (χ3v) is 4.35. The molecular weight excluding hydrogens is 284 g/mol. The molecule has 2 rings (SSSR count). The molecule has 3 heteroatoms. The first kappa shape index (κ1) is 17.3. The minimum Gasteiger partial charge on any atom is -0.345 e. The summed E-state index contributed by atoms with van der Waals surface area (Å²) in [6.07, 6.45) is 3.06. The van der Waals surface area contributed by atoms with E-state index in [0.717, 1.165) is 13.0 Å². The Labute approximate surface area is 139 Å². The maximum atomic E-state index is 12.6. The zero-order chi connectivity index (χ0) is 16.8. The summed E-state index contributed by atoms with van der Waals surface area (Å²) < 4.78 is 2.23. The van der Waals surface area contributed by atoms with E-state index in [1.165, 1.54) is 11.3 Å². The average molecular weight is 312 g/mol. The molecule has 124 valence electrons. The SMILES string of the molecule is CCC(C)N(Cc1cccn1Cc1ccccc1)C(=O)C(C)C. The van der Waals surface area contributed by atoms with Gasteiger partial charge < -0.3 is 9.47 Å². The van der Waals surface area contributed by atoms with Gasteiger partial charge in [-0.2, -0.15) is 0 Å². The van der Waals surface area contributed by atoms with E-state index in [4.69, 9.17) is 0 Å². The van der Waals surface area contributed by atoms with Gasteiger partial charge in [0.2, 0.25) is 5.91 Å². The van der Waals surface area contributed by atoms with Crippen molar-refractivity contribution in [2.24, 2.45) is 5.92 Å². The van der Waals surface area contributed by atoms with Crippen molar-refractivity contribution >= 4 is 5.91 Å². The summed E-state index contributed by atoms with van der Waals surface area (Å²) in [5.74, 6) is 0.258. The van der Waals surface area contributed by atoms with E-state index in [1.807, 2.05) is 24.8 Å². The average Bonchev–Trinajstić information content (AvgIpc) is 2.99. The summed E-state index contributed by atoms with van der Waals surface area (Å²) >= 11 is 0. The van der Waals surface area contributed by atoms with Gasteiger partial charge in [-0.25, -0.2) is 0 Å². The van der Waals surface area contributed by atoms with E-state index in [9.17, 15) is 4.79 Å². The van der Waals surface area contributed by atoms with Gasteiger partial charge in [-0.15, -0.1) is 0 Å². The maximum Gasteiger partial charge on any atom is 0.225 e. The van der Waals surface area contributed by atoms with Gasteiger partial charge in [-0.3, -0.25) is 4.79 Å². The van der Waals surface area contributed by atoms with Gasteiger partial charge in [0.1, 0.15) is 0 Å². The molecule has 23 heavy (non-hydrogen) atoms. The second-order valence-electron chi connectivity index (χ2n) is 6.49. The fourth-order valence-electron chi connectivity index (χ4n) is 2.70. The second kappa shape index (κ2) is 8.00. The highest BCUT2D eigenvalue weighted by molar-refractivity contribution is 5.78. The molecule has 1 unspecified atom stereocenters. The first-order valence-electron chi connectivity index (χ1n) is 8.51. The standard InChI is InChI=1S/C20H28N2O/c1-5-17(4)22(20(23)16(2)3)15-19-12-9-13-21(19)14-18-10-7-6-8-11-18/h6-13,16-17H,5,14-15H2,1-4H3. The lowest BCUT2D eigenvalue weighted by atomic mass is 10.1. The first-order valence-corrected chi connectivity index (χ1v) is 8.51. The first-order chi connectivity index (χ1) is 11.0. The van der Waals surface area contributed by atoms with Gasteiger partial charge in [-0.1, -0.05) is 51.1 Å². The third-order valence-electron chi connectivity index (χ3n) is 4.35. The minimum absolute atomic E-state index is 0.0292. The van der Waals surface area contributed by atoms with Crippen LogP contribution in [-0.4, -0.2) is 21.4 Å². The van der Waals surface area contributed by atoms with E-state index in [0.29, 0.717) is 6.54 Å². The molecule has 0 bridgehead atoms. The number of nitrogens with zero attached hydrogens (tertiary/aromatic N) is 2. The molecule has 0 fully saturated rings. The van der Waals surface area contributed by atoms with Crippen LogP contribution in [0.4, 0.5) is 0 Å². The number of hydrogen-bond acceptors (Lipinski definition) is 1. The highest BCUT2D eigenvalue weighted by atomic mass is 16.2. The third kappa shape index (κ3) is 4.47. The van der Waals surface area contributed by atoms with Crippen molar-refractivity contribution in [1.82, 2.24) is 9.47 Å². The van der Waals surface area contributed by atoms with Crippen molar-refractivity contribution < 1.29 is 4.79 Å². The number of aromatic nitrogens is 1. The van der Waals surface area contributed by atoms with Crippen LogP contribution >= 0.6 is 0 Å². The van der Waals surface area contributed by atoms with E-state index >= 15 is 0 Å². The molecule has 1 atom stereocenters. The molecule has 0 radical (unpaired) electrons. The van der Waals surface area contributed by atoms with Gasteiger partial charge in [-0.05, 0) is 31.0 Å². The Morgan fingerprint density at radius 3 is 2.39 bits per heavy atom. The second-order valence-corrected chi connectivity index (χ2v) is 6.49. The van der Waals surface area contributed by atoms with Crippen molar-refractivity contribution in [3.05, 3.63) is 59.9 Å². The van der Waals surface area contributed by atoms with E-state index in [2.05, 4.69) is 61.0 Å². The highest BCUT2D eigenvalue weighted by Crippen LogP contribution is 2.16. The summed E-state index contributed by atoms with van der Waals surface area (Å²) in [5, 5.41) is 0. The van der Waals surface area contributed by atoms with Crippen molar-refractivity contribution in [2.45, 2.75) is 53.2 Å². The number of carbonyl (C=O) groups is 1. The van der Waals surface area contributed by atoms with Crippen molar-refractivity contribution in [3.63, 3.8) is 0 Å². The summed E-state index contributed by atoms with van der Waals surface area (Å²) in [6.45, 7) is 9.72. The molecule has 0 N–H and O–H groups in total. The van der Waals surface area contributed by atoms with Crippen LogP contribution in [0, 0.1) is 5.92 Å². The molecule has 1 aromatic carbocycles. The van der Waals surface area contributed by atoms with Gasteiger partial charge >= 0.3 is 0 Å². The van der Waals surface area contributed by atoms with Crippen LogP contribution in [0.25, 0.3) is 0 Å². The fourth-order valence-corrected chi connectivity index (χ4v) is 2.70. The van der Waals surface area contributed by atoms with Gasteiger partial charge in [0.25, 0.3) is 0 Å². The summed E-state index contributed by atoms with van der Waals surface area (Å²) in [7, 11) is 0. The number of rotatable bonds is 7. The lowest BCUT2D eigenvalue weighted by Gasteiger charge is -2.30. The highest BCUT2D eigenvalue weighted by Gasteiger charge is 2.22. The van der Waals surface area contributed by atoms with Crippen LogP contribution in [0.5, 0.6) is 0 Å². The summed E-state index contributed by atoms with van der Waals surface area (Å²) in [5.41, 5.74) is 2.46. The minimum atomic E-state index is 0.0292. The Morgan fingerprint density at radius 1 is 1.09 bits per heavy atom. The number of carbonyl (C=O) groups excluding carboxylic acids is 1. The summed E-state index contributed by atoms with van der Waals surface area (Å²) in [4.78, 5) is 14.6. The van der Waals surface area contributed by atoms with Gasteiger partial charge in [0.05, 0.1) is 6.54 Å². The largest absolute Gasteiger partial charge is 0.345 e. The van der Waals surface area contributed by atoms with Crippen molar-refractivity contribution in [2.75, 3.05) is 0 Å². The van der Waals surface area contributed by atoms with Crippen LogP contribution in [-0.2, 0) is 17.9 Å². The van der Waals surface area contributed by atoms with Crippen LogP contribution in [0.15, 0.2) is 48.7 Å². The molecule has 0 spiro atoms. The lowest BCUT2D eigenvalue weighted by molar-refractivity contribution is -0.137. The molecule has 0 saturated carbocycles. The van der Waals surface area contributed by atoms with Crippen LogP contribution in [0.3, 0.4) is 0 Å². The predicted molar refractivity (Wildman–Crippen MR) is 95.1 cm³/mol. The Hall–Kier alpha value is -2.03. The Bertz CT molecular complexity index is 616. The number of hydrogen-bond donors (Lipinski definition) is 0. The Balaban J connectivity index is 2.18. The molecule has 3 nitrogen and oxygen atoms in total. The van der Waals surface area contributed by atoms with Crippen molar-refractivity contribution in [1.29, 1.82) is 0 Å². The summed E-state index contributed by atoms with van der Waals surface area (Å²) in [6, 6.07) is 14.9. The molecule has 1 heterocycles. The van der Waals surface area contributed by atoms with E-state index in [1.54, 1.807) is 0 Å². The molecule has 1 amide bonds.